The first-order valence-electron chi connectivity index (χ1n) is 5.77. The Morgan fingerprint density at radius 2 is 2.06 bits per heavy atom. The third-order valence-electron chi connectivity index (χ3n) is 3.48. The third-order valence-corrected chi connectivity index (χ3v) is 4.65. The molecule has 0 bridgehead atoms. The van der Waals surface area contributed by atoms with Crippen LogP contribution in [0.4, 0.5) is 0 Å². The number of nitrogens with one attached hydrogen (secondary N) is 1. The van der Waals surface area contributed by atoms with Crippen LogP contribution in [0.5, 0.6) is 0 Å². The molecular formula is C13H14INO3. The van der Waals surface area contributed by atoms with Crippen molar-refractivity contribution in [3.63, 3.8) is 0 Å². The molecule has 1 aromatic carbocycles. The number of carboxylic acids is 1. The van der Waals surface area contributed by atoms with E-state index in [9.17, 15) is 14.7 Å². The molecule has 96 valence electrons. The topological polar surface area (TPSA) is 66.4 Å². The number of aliphatic carboxylic acids is 1. The molecule has 0 aromatic heterocycles. The van der Waals surface area contributed by atoms with Gasteiger partial charge in [-0.1, -0.05) is 6.07 Å². The van der Waals surface area contributed by atoms with E-state index >= 15 is 0 Å². The number of amides is 1. The van der Waals surface area contributed by atoms with Crippen LogP contribution in [-0.4, -0.2) is 22.5 Å². The van der Waals surface area contributed by atoms with Crippen LogP contribution in [0.2, 0.25) is 0 Å². The van der Waals surface area contributed by atoms with Crippen molar-refractivity contribution in [3.05, 3.63) is 32.9 Å². The lowest BCUT2D eigenvalue weighted by Gasteiger charge is -2.38. The first kappa shape index (κ1) is 13.3. The molecule has 0 heterocycles. The summed E-state index contributed by atoms with van der Waals surface area (Å²) in [5, 5.41) is 11.9. The maximum atomic E-state index is 12.2. The Bertz CT molecular complexity index is 509. The summed E-state index contributed by atoms with van der Waals surface area (Å²) < 4.78 is 0.998. The van der Waals surface area contributed by atoms with Crippen molar-refractivity contribution >= 4 is 34.5 Å². The highest BCUT2D eigenvalue weighted by Crippen LogP contribution is 2.32. The zero-order chi connectivity index (χ0) is 13.3. The fourth-order valence-corrected chi connectivity index (χ4v) is 2.56. The summed E-state index contributed by atoms with van der Waals surface area (Å²) in [5.41, 5.74) is 0.384. The van der Waals surface area contributed by atoms with Gasteiger partial charge in [-0.15, -0.1) is 0 Å². The minimum atomic E-state index is -1.05. The zero-order valence-corrected chi connectivity index (χ0v) is 12.2. The predicted molar refractivity (Wildman–Crippen MR) is 75.6 cm³/mol. The Hall–Kier alpha value is -1.11. The highest BCUT2D eigenvalue weighted by atomic mass is 127. The number of halogens is 1. The molecule has 0 saturated heterocycles. The maximum absolute atomic E-state index is 12.2. The summed E-state index contributed by atoms with van der Waals surface area (Å²) in [7, 11) is 0. The summed E-state index contributed by atoms with van der Waals surface area (Å²) in [6.45, 7) is 1.87. The molecular weight excluding hydrogens is 345 g/mol. The lowest BCUT2D eigenvalue weighted by atomic mass is 9.76. The fraction of sp³-hybridized carbons (Fsp3) is 0.385. The highest BCUT2D eigenvalue weighted by molar-refractivity contribution is 14.1. The maximum Gasteiger partial charge on any atom is 0.329 e. The molecule has 1 fully saturated rings. The van der Waals surface area contributed by atoms with Crippen molar-refractivity contribution in [3.8, 4) is 0 Å². The number of hydrogen-bond acceptors (Lipinski definition) is 2. The van der Waals surface area contributed by atoms with Crippen LogP contribution < -0.4 is 5.32 Å². The average molecular weight is 359 g/mol. The molecule has 18 heavy (non-hydrogen) atoms. The van der Waals surface area contributed by atoms with Gasteiger partial charge in [-0.3, -0.25) is 4.79 Å². The SMILES string of the molecule is Cc1c(I)cccc1C(=O)NC1(C(=O)O)CCC1. The van der Waals surface area contributed by atoms with Gasteiger partial charge in [-0.2, -0.15) is 0 Å². The van der Waals surface area contributed by atoms with Gasteiger partial charge in [0.05, 0.1) is 0 Å². The molecule has 1 amide bonds. The van der Waals surface area contributed by atoms with E-state index in [1.54, 1.807) is 12.1 Å². The molecule has 1 saturated carbocycles. The van der Waals surface area contributed by atoms with Gasteiger partial charge in [0.15, 0.2) is 0 Å². The Labute approximate surface area is 119 Å². The molecule has 0 spiro atoms. The summed E-state index contributed by atoms with van der Waals surface area (Å²) in [5.74, 6) is -1.24. The van der Waals surface area contributed by atoms with Crippen LogP contribution in [0.25, 0.3) is 0 Å². The van der Waals surface area contributed by atoms with Crippen molar-refractivity contribution in [2.45, 2.75) is 31.7 Å². The number of rotatable bonds is 3. The van der Waals surface area contributed by atoms with Crippen LogP contribution >= 0.6 is 22.6 Å². The Morgan fingerprint density at radius 1 is 1.39 bits per heavy atom. The highest BCUT2D eigenvalue weighted by Gasteiger charge is 2.45. The van der Waals surface area contributed by atoms with E-state index < -0.39 is 11.5 Å². The van der Waals surface area contributed by atoms with Crippen molar-refractivity contribution in [1.29, 1.82) is 0 Å². The molecule has 0 unspecified atom stereocenters. The van der Waals surface area contributed by atoms with E-state index in [-0.39, 0.29) is 5.91 Å². The van der Waals surface area contributed by atoms with E-state index in [0.29, 0.717) is 18.4 Å². The number of hydrogen-bond donors (Lipinski definition) is 2. The first-order valence-corrected chi connectivity index (χ1v) is 6.85. The van der Waals surface area contributed by atoms with Crippen LogP contribution in [0.1, 0.15) is 35.2 Å². The molecule has 4 nitrogen and oxygen atoms in total. The Kier molecular flexibility index (Phi) is 3.61. The molecule has 0 radical (unpaired) electrons. The summed E-state index contributed by atoms with van der Waals surface area (Å²) in [6.07, 6.45) is 1.87. The van der Waals surface area contributed by atoms with Crippen molar-refractivity contribution in [2.75, 3.05) is 0 Å². The van der Waals surface area contributed by atoms with Crippen LogP contribution in [0, 0.1) is 10.5 Å². The second-order valence-corrected chi connectivity index (χ2v) is 5.77. The van der Waals surface area contributed by atoms with Crippen molar-refractivity contribution in [1.82, 2.24) is 5.32 Å². The minimum Gasteiger partial charge on any atom is -0.480 e. The van der Waals surface area contributed by atoms with E-state index in [1.165, 1.54) is 0 Å². The molecule has 1 aliphatic rings. The number of benzene rings is 1. The number of carbonyl (C=O) groups is 2. The minimum absolute atomic E-state index is 0.298. The second-order valence-electron chi connectivity index (χ2n) is 4.61. The largest absolute Gasteiger partial charge is 0.480 e. The lowest BCUT2D eigenvalue weighted by molar-refractivity contribution is -0.148. The van der Waals surface area contributed by atoms with Gasteiger partial charge >= 0.3 is 5.97 Å². The summed E-state index contributed by atoms with van der Waals surface area (Å²) in [4.78, 5) is 23.4. The van der Waals surface area contributed by atoms with Gasteiger partial charge in [-0.05, 0) is 66.5 Å². The number of carboxylic acid groups (broad SMARTS) is 1. The molecule has 0 aliphatic heterocycles. The molecule has 5 heteroatoms. The second kappa shape index (κ2) is 4.87. The number of carbonyl (C=O) groups excluding carboxylic acids is 1. The van der Waals surface area contributed by atoms with E-state index in [4.69, 9.17) is 0 Å². The van der Waals surface area contributed by atoms with Crippen LogP contribution in [-0.2, 0) is 4.79 Å². The lowest BCUT2D eigenvalue weighted by Crippen LogP contribution is -2.59. The van der Waals surface area contributed by atoms with Gasteiger partial charge in [0.2, 0.25) is 0 Å². The zero-order valence-electron chi connectivity index (χ0n) is 10.00. The molecule has 2 N–H and O–H groups in total. The summed E-state index contributed by atoms with van der Waals surface area (Å²) in [6, 6.07) is 5.45. The van der Waals surface area contributed by atoms with Gasteiger partial charge in [0.1, 0.15) is 5.54 Å². The average Bonchev–Trinajstić information content (AvgIpc) is 2.26. The monoisotopic (exact) mass is 359 g/mol. The normalized spacial score (nSPS) is 16.8. The van der Waals surface area contributed by atoms with Crippen molar-refractivity contribution in [2.24, 2.45) is 0 Å². The van der Waals surface area contributed by atoms with Gasteiger partial charge < -0.3 is 10.4 Å². The first-order chi connectivity index (χ1) is 8.46. The van der Waals surface area contributed by atoms with E-state index in [1.807, 2.05) is 13.0 Å². The smallest absolute Gasteiger partial charge is 0.329 e. The molecule has 1 aromatic rings. The van der Waals surface area contributed by atoms with Crippen LogP contribution in [0.3, 0.4) is 0 Å². The third kappa shape index (κ3) is 2.23. The van der Waals surface area contributed by atoms with Gasteiger partial charge in [-0.25, -0.2) is 4.79 Å². The quantitative estimate of drug-likeness (QED) is 0.815. The Balaban J connectivity index is 2.22. The summed E-state index contributed by atoms with van der Waals surface area (Å²) >= 11 is 2.16. The van der Waals surface area contributed by atoms with Crippen molar-refractivity contribution < 1.29 is 14.7 Å². The van der Waals surface area contributed by atoms with Gasteiger partial charge in [0, 0.05) is 9.13 Å². The standard InChI is InChI=1S/C13H14INO3/c1-8-9(4-2-5-10(8)14)11(16)15-13(12(17)18)6-3-7-13/h2,4-5H,3,6-7H2,1H3,(H,15,16)(H,17,18). The van der Waals surface area contributed by atoms with E-state index in [0.717, 1.165) is 15.6 Å². The Morgan fingerprint density at radius 3 is 2.56 bits per heavy atom. The molecule has 2 rings (SSSR count). The fourth-order valence-electron chi connectivity index (χ4n) is 2.06. The van der Waals surface area contributed by atoms with E-state index in [2.05, 4.69) is 27.9 Å². The molecule has 1 aliphatic carbocycles. The van der Waals surface area contributed by atoms with Gasteiger partial charge in [0.25, 0.3) is 5.91 Å². The molecule has 0 atom stereocenters. The van der Waals surface area contributed by atoms with Crippen LogP contribution in [0.15, 0.2) is 18.2 Å². The predicted octanol–water partition coefficient (Wildman–Crippen LogP) is 2.34.